The summed E-state index contributed by atoms with van der Waals surface area (Å²) in [5, 5.41) is 9.54. The highest BCUT2D eigenvalue weighted by molar-refractivity contribution is 5.71. The van der Waals surface area contributed by atoms with E-state index in [4.69, 9.17) is 15.6 Å². The number of carbonyl (C=O) groups excluding carboxylic acids is 1. The number of hydrogen-bond acceptors (Lipinski definition) is 2. The minimum atomic E-state index is -0.472. The molecule has 0 aromatic heterocycles. The molecule has 0 aliphatic rings. The number of nitrogens with one attached hydrogen (secondary N) is 1. The maximum Gasteiger partial charge on any atom is 0.312 e. The minimum absolute atomic E-state index is 0.250. The summed E-state index contributed by atoms with van der Waals surface area (Å²) in [4.78, 5) is 19.1. The van der Waals surface area contributed by atoms with Gasteiger partial charge in [0.15, 0.2) is 0 Å². The Kier molecular flexibility index (Phi) is 7.82. The number of hydrogen-bond donors (Lipinski definition) is 3. The Hall–Kier alpha value is -2.82. The maximum absolute atomic E-state index is 10.8. The second-order valence-corrected chi connectivity index (χ2v) is 4.56. The highest BCUT2D eigenvalue weighted by atomic mass is 16.3. The molecule has 0 atom stereocenters. The predicted octanol–water partition coefficient (Wildman–Crippen LogP) is 2.58. The van der Waals surface area contributed by atoms with E-state index in [1.807, 2.05) is 36.4 Å². The first-order valence-corrected chi connectivity index (χ1v) is 6.90. The Morgan fingerprint density at radius 2 is 1.45 bits per heavy atom. The zero-order valence-corrected chi connectivity index (χ0v) is 12.2. The molecule has 0 aliphatic carbocycles. The molecule has 5 heteroatoms. The van der Waals surface area contributed by atoms with Crippen molar-refractivity contribution in [3.63, 3.8) is 0 Å². The van der Waals surface area contributed by atoms with E-state index in [1.54, 1.807) is 0 Å². The van der Waals surface area contributed by atoms with Crippen molar-refractivity contribution in [3.05, 3.63) is 71.8 Å². The highest BCUT2D eigenvalue weighted by Crippen LogP contribution is 2.27. The second kappa shape index (κ2) is 9.99. The Morgan fingerprint density at radius 3 is 1.82 bits per heavy atom. The van der Waals surface area contributed by atoms with E-state index in [1.165, 1.54) is 11.1 Å². The third kappa shape index (κ3) is 6.09. The molecule has 0 unspecified atom stereocenters. The summed E-state index contributed by atoms with van der Waals surface area (Å²) in [5.41, 5.74) is 7.61. The lowest BCUT2D eigenvalue weighted by atomic mass is 9.88. The Balaban J connectivity index is 0.000000745. The third-order valence-electron chi connectivity index (χ3n) is 3.14. The summed E-state index contributed by atoms with van der Waals surface area (Å²) in [7, 11) is 0. The first-order valence-electron chi connectivity index (χ1n) is 6.90. The van der Waals surface area contributed by atoms with Gasteiger partial charge in [-0.15, -0.1) is 0 Å². The molecule has 0 bridgehead atoms. The molecule has 22 heavy (non-hydrogen) atoms. The SMILES string of the molecule is NC(=O)NCCC(c1ccccc1)c1ccccc1.O=CO. The lowest BCUT2D eigenvalue weighted by Gasteiger charge is -2.18. The van der Waals surface area contributed by atoms with Crippen molar-refractivity contribution in [2.24, 2.45) is 5.73 Å². The molecule has 4 N–H and O–H groups in total. The van der Waals surface area contributed by atoms with E-state index in [2.05, 4.69) is 29.6 Å². The lowest BCUT2D eigenvalue weighted by Crippen LogP contribution is -2.30. The summed E-state index contributed by atoms with van der Waals surface area (Å²) in [6.07, 6.45) is 0.830. The van der Waals surface area contributed by atoms with Gasteiger partial charge in [0.1, 0.15) is 0 Å². The van der Waals surface area contributed by atoms with Crippen LogP contribution in [0.25, 0.3) is 0 Å². The van der Waals surface area contributed by atoms with Crippen LogP contribution in [0.15, 0.2) is 60.7 Å². The van der Waals surface area contributed by atoms with Crippen molar-refractivity contribution in [3.8, 4) is 0 Å². The van der Waals surface area contributed by atoms with E-state index in [0.29, 0.717) is 6.54 Å². The van der Waals surface area contributed by atoms with Crippen molar-refractivity contribution in [2.45, 2.75) is 12.3 Å². The molecule has 0 saturated heterocycles. The number of primary amides is 1. The third-order valence-corrected chi connectivity index (χ3v) is 3.14. The van der Waals surface area contributed by atoms with Crippen LogP contribution in [-0.4, -0.2) is 24.2 Å². The van der Waals surface area contributed by atoms with Crippen LogP contribution in [-0.2, 0) is 4.79 Å². The molecular weight excluding hydrogens is 280 g/mol. The number of carboxylic acid groups (broad SMARTS) is 1. The van der Waals surface area contributed by atoms with Gasteiger partial charge in [-0.05, 0) is 17.5 Å². The lowest BCUT2D eigenvalue weighted by molar-refractivity contribution is -0.122. The fourth-order valence-electron chi connectivity index (χ4n) is 2.24. The van der Waals surface area contributed by atoms with Gasteiger partial charge in [-0.25, -0.2) is 4.79 Å². The Morgan fingerprint density at radius 1 is 1.05 bits per heavy atom. The minimum Gasteiger partial charge on any atom is -0.483 e. The number of carbonyl (C=O) groups is 2. The second-order valence-electron chi connectivity index (χ2n) is 4.56. The van der Waals surface area contributed by atoms with E-state index in [-0.39, 0.29) is 12.4 Å². The fourth-order valence-corrected chi connectivity index (χ4v) is 2.24. The van der Waals surface area contributed by atoms with Gasteiger partial charge < -0.3 is 16.2 Å². The molecule has 2 aromatic rings. The van der Waals surface area contributed by atoms with E-state index >= 15 is 0 Å². The van der Waals surface area contributed by atoms with Crippen LogP contribution in [0.4, 0.5) is 4.79 Å². The van der Waals surface area contributed by atoms with Crippen LogP contribution in [0.5, 0.6) is 0 Å². The number of benzene rings is 2. The standard InChI is InChI=1S/C16H18N2O.CH2O2/c17-16(19)18-12-11-15(13-7-3-1-4-8-13)14-9-5-2-6-10-14;2-1-3/h1-10,15H,11-12H2,(H3,17,18,19);1H,(H,2,3). The average molecular weight is 300 g/mol. The van der Waals surface area contributed by atoms with Crippen LogP contribution in [0.2, 0.25) is 0 Å². The van der Waals surface area contributed by atoms with Gasteiger partial charge >= 0.3 is 6.03 Å². The van der Waals surface area contributed by atoms with Gasteiger partial charge in [0.25, 0.3) is 6.47 Å². The van der Waals surface area contributed by atoms with Gasteiger partial charge in [0, 0.05) is 12.5 Å². The molecule has 2 rings (SSSR count). The van der Waals surface area contributed by atoms with Crippen LogP contribution in [0.3, 0.4) is 0 Å². The van der Waals surface area contributed by atoms with Gasteiger partial charge in [-0.2, -0.15) is 0 Å². The van der Waals surface area contributed by atoms with Crippen molar-refractivity contribution in [1.29, 1.82) is 0 Å². The molecule has 0 fully saturated rings. The van der Waals surface area contributed by atoms with E-state index in [0.717, 1.165) is 6.42 Å². The van der Waals surface area contributed by atoms with Crippen molar-refractivity contribution >= 4 is 12.5 Å². The molecule has 2 aromatic carbocycles. The number of urea groups is 1. The molecule has 5 nitrogen and oxygen atoms in total. The highest BCUT2D eigenvalue weighted by Gasteiger charge is 2.13. The molecule has 0 heterocycles. The zero-order chi connectivity index (χ0) is 16.2. The van der Waals surface area contributed by atoms with Gasteiger partial charge in [0.05, 0.1) is 0 Å². The van der Waals surface area contributed by atoms with Crippen LogP contribution in [0.1, 0.15) is 23.5 Å². The van der Waals surface area contributed by atoms with Crippen molar-refractivity contribution in [2.75, 3.05) is 6.54 Å². The van der Waals surface area contributed by atoms with Crippen LogP contribution in [0, 0.1) is 0 Å². The molecule has 0 aliphatic heterocycles. The first kappa shape index (κ1) is 17.2. The van der Waals surface area contributed by atoms with Gasteiger partial charge in [-0.3, -0.25) is 4.79 Å². The molecule has 0 saturated carbocycles. The van der Waals surface area contributed by atoms with Gasteiger partial charge in [0.2, 0.25) is 0 Å². The maximum atomic E-state index is 10.8. The van der Waals surface area contributed by atoms with Crippen LogP contribution >= 0.6 is 0 Å². The molecule has 116 valence electrons. The number of rotatable bonds is 5. The average Bonchev–Trinajstić information content (AvgIpc) is 2.54. The largest absolute Gasteiger partial charge is 0.483 e. The summed E-state index contributed by atoms with van der Waals surface area (Å²) in [6, 6.07) is 20.1. The Labute approximate surface area is 129 Å². The topological polar surface area (TPSA) is 92.4 Å². The Bertz CT molecular complexity index is 519. The quantitative estimate of drug-likeness (QED) is 0.741. The van der Waals surface area contributed by atoms with Crippen LogP contribution < -0.4 is 11.1 Å². The summed E-state index contributed by atoms with van der Waals surface area (Å²) in [6.45, 7) is 0.323. The first-order chi connectivity index (χ1) is 10.7. The molecule has 0 spiro atoms. The number of nitrogens with two attached hydrogens (primary N) is 1. The molecule has 2 amide bonds. The normalized spacial score (nSPS) is 9.50. The molecule has 0 radical (unpaired) electrons. The predicted molar refractivity (Wildman–Crippen MR) is 85.6 cm³/mol. The summed E-state index contributed by atoms with van der Waals surface area (Å²) >= 11 is 0. The number of amides is 2. The summed E-state index contributed by atoms with van der Waals surface area (Å²) < 4.78 is 0. The van der Waals surface area contributed by atoms with E-state index in [9.17, 15) is 4.79 Å². The zero-order valence-electron chi connectivity index (χ0n) is 12.2. The summed E-state index contributed by atoms with van der Waals surface area (Å²) in [5.74, 6) is 0.272. The van der Waals surface area contributed by atoms with Gasteiger partial charge in [-0.1, -0.05) is 60.7 Å². The smallest absolute Gasteiger partial charge is 0.312 e. The molecular formula is C17H20N2O3. The van der Waals surface area contributed by atoms with Crippen molar-refractivity contribution in [1.82, 2.24) is 5.32 Å². The van der Waals surface area contributed by atoms with Crippen molar-refractivity contribution < 1.29 is 14.7 Å². The monoisotopic (exact) mass is 300 g/mol. The fraction of sp³-hybridized carbons (Fsp3) is 0.176. The van der Waals surface area contributed by atoms with E-state index < -0.39 is 6.03 Å².